The maximum Gasteiger partial charge on any atom is 0.305 e. The van der Waals surface area contributed by atoms with Gasteiger partial charge >= 0.3 is 5.97 Å². The highest BCUT2D eigenvalue weighted by Crippen LogP contribution is 2.28. The molecule has 10 nitrogen and oxygen atoms in total. The summed E-state index contributed by atoms with van der Waals surface area (Å²) in [5.74, 6) is -1.29. The molecular weight excluding hydrogens is 376 g/mol. The van der Waals surface area contributed by atoms with Crippen LogP contribution in [0.4, 0.5) is 0 Å². The van der Waals surface area contributed by atoms with E-state index < -0.39 is 23.0 Å². The number of thioether (sulfide) groups is 1. The summed E-state index contributed by atoms with van der Waals surface area (Å²) in [6, 6.07) is 4.94. The molecule has 0 saturated carbocycles. The highest BCUT2D eigenvalue weighted by atomic mass is 32.2. The minimum atomic E-state index is -1.06. The molecule has 27 heavy (non-hydrogen) atoms. The van der Waals surface area contributed by atoms with Crippen molar-refractivity contribution in [2.24, 2.45) is 15.9 Å². The van der Waals surface area contributed by atoms with Crippen LogP contribution in [0.1, 0.15) is 18.9 Å². The summed E-state index contributed by atoms with van der Waals surface area (Å²) in [5.41, 5.74) is 5.70. The van der Waals surface area contributed by atoms with Crippen molar-refractivity contribution < 1.29 is 29.0 Å². The number of hydrogen-bond donors (Lipinski definition) is 3. The number of carbonyl (C=O) groups is 3. The number of nitrogens with one attached hydrogen (secondary N) is 1. The lowest BCUT2D eigenvalue weighted by molar-refractivity contribution is -0.138. The summed E-state index contributed by atoms with van der Waals surface area (Å²) < 4.78 is 10.7. The smallest absolute Gasteiger partial charge is 0.305 e. The lowest BCUT2D eigenvalue weighted by Gasteiger charge is -2.11. The molecule has 1 fully saturated rings. The Balaban J connectivity index is 2.06. The van der Waals surface area contributed by atoms with E-state index in [1.165, 1.54) is 6.21 Å². The van der Waals surface area contributed by atoms with E-state index in [0.717, 1.165) is 11.8 Å². The molecule has 1 atom stereocenters. The Labute approximate surface area is 158 Å². The molecule has 0 bridgehead atoms. The average molecular weight is 394 g/mol. The van der Waals surface area contributed by atoms with Crippen LogP contribution in [0, 0.1) is 0 Å². The van der Waals surface area contributed by atoms with E-state index >= 15 is 0 Å². The fourth-order valence-corrected chi connectivity index (χ4v) is 2.95. The van der Waals surface area contributed by atoms with Crippen LogP contribution < -0.4 is 20.5 Å². The van der Waals surface area contributed by atoms with Gasteiger partial charge in [-0.1, -0.05) is 11.8 Å². The summed E-state index contributed by atoms with van der Waals surface area (Å²) in [7, 11) is 0. The number of nitrogens with two attached hydrogens (primary N) is 1. The number of carbonyl (C=O) groups excluding carboxylic acids is 2. The Hall–Kier alpha value is -3.08. The molecule has 0 aliphatic carbocycles. The Morgan fingerprint density at radius 2 is 2.15 bits per heavy atom. The fourth-order valence-electron chi connectivity index (χ4n) is 2.03. The standard InChI is InChI=1S/C16H18N4O6S/c1-2-25-11-5-9(3-4-10(11)26-8-13(17)21)7-18-20-16-19-15(24)12(27-16)6-14(22)23/h3-5,7,12H,2,6,8H2,1H3,(H2,17,21)(H,22,23)(H,19,20,24). The number of hydrogen-bond acceptors (Lipinski definition) is 8. The predicted octanol–water partition coefficient (Wildman–Crippen LogP) is 0.346. The van der Waals surface area contributed by atoms with Crippen molar-refractivity contribution in [3.05, 3.63) is 23.8 Å². The molecule has 2 amide bonds. The highest BCUT2D eigenvalue weighted by molar-refractivity contribution is 8.15. The Morgan fingerprint density at radius 1 is 1.37 bits per heavy atom. The molecule has 4 N–H and O–H groups in total. The first-order chi connectivity index (χ1) is 12.9. The lowest BCUT2D eigenvalue weighted by atomic mass is 10.2. The average Bonchev–Trinajstić information content (AvgIpc) is 2.93. The summed E-state index contributed by atoms with van der Waals surface area (Å²) in [4.78, 5) is 33.2. The van der Waals surface area contributed by atoms with Gasteiger partial charge in [0.2, 0.25) is 5.91 Å². The quantitative estimate of drug-likeness (QED) is 0.403. The number of carboxylic acids is 1. The van der Waals surface area contributed by atoms with Crippen molar-refractivity contribution in [1.29, 1.82) is 0 Å². The number of ether oxygens (including phenoxy) is 2. The van der Waals surface area contributed by atoms with Crippen LogP contribution in [-0.4, -0.2) is 52.7 Å². The minimum Gasteiger partial charge on any atom is -0.490 e. The third kappa shape index (κ3) is 6.29. The number of benzene rings is 1. The topological polar surface area (TPSA) is 153 Å². The largest absolute Gasteiger partial charge is 0.490 e. The number of aliphatic carboxylic acids is 1. The second-order valence-electron chi connectivity index (χ2n) is 5.24. The maximum atomic E-state index is 11.6. The van der Waals surface area contributed by atoms with Gasteiger partial charge in [0, 0.05) is 0 Å². The van der Waals surface area contributed by atoms with E-state index in [9.17, 15) is 14.4 Å². The van der Waals surface area contributed by atoms with Crippen molar-refractivity contribution in [3.63, 3.8) is 0 Å². The second kappa shape index (κ2) is 9.57. The molecule has 1 saturated heterocycles. The maximum absolute atomic E-state index is 11.6. The molecule has 1 aromatic carbocycles. The van der Waals surface area contributed by atoms with Gasteiger partial charge in [0.15, 0.2) is 23.3 Å². The van der Waals surface area contributed by atoms with E-state index in [-0.39, 0.29) is 18.2 Å². The first-order valence-electron chi connectivity index (χ1n) is 7.87. The Bertz CT molecular complexity index is 795. The molecule has 144 valence electrons. The third-order valence-corrected chi connectivity index (χ3v) is 4.20. The molecule has 1 unspecified atom stereocenters. The van der Waals surface area contributed by atoms with Crippen LogP contribution in [0.25, 0.3) is 0 Å². The Kier molecular flexibility index (Phi) is 7.17. The van der Waals surface area contributed by atoms with E-state index in [2.05, 4.69) is 15.5 Å². The van der Waals surface area contributed by atoms with Gasteiger partial charge in [0.25, 0.3) is 5.91 Å². The molecule has 1 heterocycles. The van der Waals surface area contributed by atoms with Gasteiger partial charge in [0.05, 0.1) is 19.2 Å². The first-order valence-corrected chi connectivity index (χ1v) is 8.75. The summed E-state index contributed by atoms with van der Waals surface area (Å²) in [6.45, 7) is 1.93. The van der Waals surface area contributed by atoms with Gasteiger partial charge in [0.1, 0.15) is 5.25 Å². The van der Waals surface area contributed by atoms with Crippen LogP contribution in [0.15, 0.2) is 28.4 Å². The number of nitrogens with zero attached hydrogens (tertiary/aromatic N) is 2. The number of rotatable bonds is 9. The van der Waals surface area contributed by atoms with Crippen molar-refractivity contribution in [2.45, 2.75) is 18.6 Å². The third-order valence-electron chi connectivity index (χ3n) is 3.13. The second-order valence-corrected chi connectivity index (χ2v) is 6.43. The zero-order valence-corrected chi connectivity index (χ0v) is 15.2. The number of carboxylic acid groups (broad SMARTS) is 1. The van der Waals surface area contributed by atoms with Crippen molar-refractivity contribution in [2.75, 3.05) is 13.2 Å². The van der Waals surface area contributed by atoms with Gasteiger partial charge in [-0.15, -0.1) is 5.10 Å². The minimum absolute atomic E-state index is 0.231. The van der Waals surface area contributed by atoms with E-state index in [1.807, 2.05) is 0 Å². The van der Waals surface area contributed by atoms with Gasteiger partial charge in [-0.05, 0) is 30.7 Å². The number of amidine groups is 1. The summed E-state index contributed by atoms with van der Waals surface area (Å²) >= 11 is 1.01. The predicted molar refractivity (Wildman–Crippen MR) is 99.1 cm³/mol. The monoisotopic (exact) mass is 394 g/mol. The molecule has 1 aliphatic heterocycles. The first kappa shape index (κ1) is 20.2. The zero-order chi connectivity index (χ0) is 19.8. The van der Waals surface area contributed by atoms with Gasteiger partial charge in [-0.2, -0.15) is 5.10 Å². The molecule has 1 aromatic rings. The molecule has 0 spiro atoms. The normalized spacial score (nSPS) is 17.9. The van der Waals surface area contributed by atoms with E-state index in [1.54, 1.807) is 25.1 Å². The van der Waals surface area contributed by atoms with Crippen LogP contribution in [-0.2, 0) is 14.4 Å². The van der Waals surface area contributed by atoms with Crippen LogP contribution in [0.2, 0.25) is 0 Å². The fraction of sp³-hybridized carbons (Fsp3) is 0.312. The van der Waals surface area contributed by atoms with Gasteiger partial charge in [-0.25, -0.2) is 0 Å². The Morgan fingerprint density at radius 3 is 2.81 bits per heavy atom. The van der Waals surface area contributed by atoms with E-state index in [4.69, 9.17) is 20.3 Å². The van der Waals surface area contributed by atoms with Gasteiger partial charge in [-0.3, -0.25) is 14.4 Å². The molecule has 0 aromatic heterocycles. The van der Waals surface area contributed by atoms with Crippen LogP contribution in [0.3, 0.4) is 0 Å². The molecule has 11 heteroatoms. The van der Waals surface area contributed by atoms with Crippen LogP contribution in [0.5, 0.6) is 11.5 Å². The van der Waals surface area contributed by atoms with Crippen molar-refractivity contribution >= 4 is 40.9 Å². The van der Waals surface area contributed by atoms with Crippen molar-refractivity contribution in [3.8, 4) is 11.5 Å². The number of primary amides is 1. The van der Waals surface area contributed by atoms with Crippen LogP contribution >= 0.6 is 11.8 Å². The molecule has 1 aliphatic rings. The molecular formula is C16H18N4O6S. The highest BCUT2D eigenvalue weighted by Gasteiger charge is 2.32. The zero-order valence-electron chi connectivity index (χ0n) is 14.4. The SMILES string of the molecule is CCOc1cc(C=NN=C2NC(=O)C(CC(=O)O)S2)ccc1OCC(N)=O. The van der Waals surface area contributed by atoms with Gasteiger partial charge < -0.3 is 25.6 Å². The van der Waals surface area contributed by atoms with E-state index in [0.29, 0.717) is 23.7 Å². The molecule has 0 radical (unpaired) electrons. The molecule has 2 rings (SSSR count). The summed E-state index contributed by atoms with van der Waals surface area (Å²) in [6.07, 6.45) is 1.15. The van der Waals surface area contributed by atoms with Crippen molar-refractivity contribution in [1.82, 2.24) is 5.32 Å². The lowest BCUT2D eigenvalue weighted by Crippen LogP contribution is -2.26. The number of amides is 2. The summed E-state index contributed by atoms with van der Waals surface area (Å²) in [5, 5.41) is 18.5.